The fourth-order valence-electron chi connectivity index (χ4n) is 1.80. The zero-order valence-corrected chi connectivity index (χ0v) is 10.8. The fraction of sp³-hybridized carbons (Fsp3) is 0.267. The van der Waals surface area contributed by atoms with Crippen molar-refractivity contribution in [2.75, 3.05) is 19.8 Å². The Morgan fingerprint density at radius 1 is 0.947 bits per heavy atom. The second kappa shape index (κ2) is 6.64. The molecule has 0 aliphatic carbocycles. The van der Waals surface area contributed by atoms with E-state index in [-0.39, 0.29) is 6.61 Å². The molecule has 0 spiro atoms. The highest BCUT2D eigenvalue weighted by atomic mass is 16.5. The van der Waals surface area contributed by atoms with Gasteiger partial charge in [-0.3, -0.25) is 4.79 Å². The smallest absolute Gasteiger partial charge is 0.293 e. The fourth-order valence-corrected chi connectivity index (χ4v) is 1.80. The van der Waals surface area contributed by atoms with E-state index in [4.69, 9.17) is 9.47 Å². The van der Waals surface area contributed by atoms with E-state index >= 15 is 0 Å². The Bertz CT molecular complexity index is 551. The van der Waals surface area contributed by atoms with Gasteiger partial charge in [-0.05, 0) is 42.0 Å². The molecular weight excluding hydrogens is 244 g/mol. The number of rotatable bonds is 7. The minimum absolute atomic E-state index is 0.255. The maximum atomic E-state index is 9.99. The Morgan fingerprint density at radius 2 is 1.58 bits per heavy atom. The van der Waals surface area contributed by atoms with Crippen molar-refractivity contribution in [2.24, 2.45) is 0 Å². The lowest BCUT2D eigenvalue weighted by atomic mass is 10.1. The van der Waals surface area contributed by atoms with Crippen molar-refractivity contribution >= 4 is 17.2 Å². The summed E-state index contributed by atoms with van der Waals surface area (Å²) in [5, 5.41) is 2.18. The predicted molar refractivity (Wildman–Crippen MR) is 72.6 cm³/mol. The molecule has 0 N–H and O–H groups in total. The lowest BCUT2D eigenvalue weighted by Gasteiger charge is -2.08. The third-order valence-electron chi connectivity index (χ3n) is 2.63. The molecule has 0 fully saturated rings. The Labute approximate surface area is 111 Å². The quantitative estimate of drug-likeness (QED) is 0.567. The molecule has 0 saturated heterocycles. The summed E-state index contributed by atoms with van der Waals surface area (Å²) in [6.07, 6.45) is 0. The lowest BCUT2D eigenvalue weighted by molar-refractivity contribution is -0.129. The van der Waals surface area contributed by atoms with E-state index in [1.54, 1.807) is 0 Å². The molecule has 2 aromatic rings. The molecule has 0 aromatic heterocycles. The van der Waals surface area contributed by atoms with E-state index in [9.17, 15) is 4.79 Å². The second-order valence-electron chi connectivity index (χ2n) is 3.92. The van der Waals surface area contributed by atoms with Crippen molar-refractivity contribution in [1.82, 2.24) is 0 Å². The zero-order chi connectivity index (χ0) is 13.5. The van der Waals surface area contributed by atoms with Crippen LogP contribution in [0.25, 0.3) is 10.8 Å². The monoisotopic (exact) mass is 260 g/mol. The SMILES string of the molecule is CCOc1ccc2cc(OCCOC=O)ccc2c1. The number of hydrogen-bond donors (Lipinski definition) is 0. The minimum Gasteiger partial charge on any atom is -0.494 e. The van der Waals surface area contributed by atoms with Crippen LogP contribution in [-0.2, 0) is 9.53 Å². The Kier molecular flexibility index (Phi) is 4.61. The molecule has 0 aliphatic rings. The summed E-state index contributed by atoms with van der Waals surface area (Å²) in [4.78, 5) is 9.99. The number of fused-ring (bicyclic) bond motifs is 1. The lowest BCUT2D eigenvalue weighted by Crippen LogP contribution is -2.05. The van der Waals surface area contributed by atoms with Crippen LogP contribution >= 0.6 is 0 Å². The van der Waals surface area contributed by atoms with Crippen LogP contribution < -0.4 is 9.47 Å². The molecule has 0 bridgehead atoms. The molecule has 2 rings (SSSR count). The van der Waals surface area contributed by atoms with Gasteiger partial charge in [0.1, 0.15) is 24.7 Å². The molecule has 2 aromatic carbocycles. The Hall–Kier alpha value is -2.23. The number of ether oxygens (including phenoxy) is 3. The largest absolute Gasteiger partial charge is 0.494 e. The zero-order valence-electron chi connectivity index (χ0n) is 10.8. The van der Waals surface area contributed by atoms with Crippen LogP contribution in [-0.4, -0.2) is 26.3 Å². The predicted octanol–water partition coefficient (Wildman–Crippen LogP) is 2.79. The maximum Gasteiger partial charge on any atom is 0.293 e. The van der Waals surface area contributed by atoms with Gasteiger partial charge in [0.15, 0.2) is 0 Å². The van der Waals surface area contributed by atoms with Crippen molar-refractivity contribution in [2.45, 2.75) is 6.92 Å². The number of benzene rings is 2. The molecule has 0 unspecified atom stereocenters. The van der Waals surface area contributed by atoms with Gasteiger partial charge in [-0.1, -0.05) is 12.1 Å². The van der Waals surface area contributed by atoms with E-state index in [1.807, 2.05) is 43.3 Å². The van der Waals surface area contributed by atoms with Crippen LogP contribution in [0.3, 0.4) is 0 Å². The highest BCUT2D eigenvalue weighted by Gasteiger charge is 2.00. The third-order valence-corrected chi connectivity index (χ3v) is 2.63. The molecule has 0 saturated carbocycles. The highest BCUT2D eigenvalue weighted by molar-refractivity contribution is 5.85. The first-order chi connectivity index (χ1) is 9.33. The van der Waals surface area contributed by atoms with Crippen molar-refractivity contribution in [3.63, 3.8) is 0 Å². The average Bonchev–Trinajstić information content (AvgIpc) is 2.44. The summed E-state index contributed by atoms with van der Waals surface area (Å²) < 4.78 is 15.5. The van der Waals surface area contributed by atoms with Gasteiger partial charge in [0, 0.05) is 0 Å². The van der Waals surface area contributed by atoms with E-state index in [2.05, 4.69) is 4.74 Å². The summed E-state index contributed by atoms with van der Waals surface area (Å²) in [6, 6.07) is 11.7. The van der Waals surface area contributed by atoms with Crippen LogP contribution in [0.2, 0.25) is 0 Å². The van der Waals surface area contributed by atoms with Crippen LogP contribution in [0.1, 0.15) is 6.92 Å². The van der Waals surface area contributed by atoms with Gasteiger partial charge < -0.3 is 14.2 Å². The molecule has 4 nitrogen and oxygen atoms in total. The second-order valence-corrected chi connectivity index (χ2v) is 3.92. The van der Waals surface area contributed by atoms with Crippen molar-refractivity contribution in [1.29, 1.82) is 0 Å². The first kappa shape index (κ1) is 13.2. The van der Waals surface area contributed by atoms with E-state index < -0.39 is 0 Å². The Balaban J connectivity index is 2.08. The topological polar surface area (TPSA) is 44.8 Å². The summed E-state index contributed by atoms with van der Waals surface area (Å²) in [5.41, 5.74) is 0. The third kappa shape index (κ3) is 3.61. The van der Waals surface area contributed by atoms with E-state index in [0.717, 1.165) is 22.3 Å². The van der Waals surface area contributed by atoms with Crippen molar-refractivity contribution < 1.29 is 19.0 Å². The van der Waals surface area contributed by atoms with E-state index in [0.29, 0.717) is 19.7 Å². The summed E-state index contributed by atoms with van der Waals surface area (Å²) in [6.45, 7) is 3.64. The molecule has 0 heterocycles. The molecule has 0 amide bonds. The van der Waals surface area contributed by atoms with Crippen LogP contribution in [0.15, 0.2) is 36.4 Å². The molecule has 19 heavy (non-hydrogen) atoms. The summed E-state index contributed by atoms with van der Waals surface area (Å²) in [5.74, 6) is 1.62. The van der Waals surface area contributed by atoms with Gasteiger partial charge in [-0.25, -0.2) is 0 Å². The van der Waals surface area contributed by atoms with Crippen molar-refractivity contribution in [3.8, 4) is 11.5 Å². The number of hydrogen-bond acceptors (Lipinski definition) is 4. The van der Waals surface area contributed by atoms with Crippen molar-refractivity contribution in [3.05, 3.63) is 36.4 Å². The molecular formula is C15H16O4. The number of carbonyl (C=O) groups excluding carboxylic acids is 1. The molecule has 100 valence electrons. The molecule has 0 radical (unpaired) electrons. The molecule has 4 heteroatoms. The number of carbonyl (C=O) groups is 1. The van der Waals surface area contributed by atoms with Crippen LogP contribution in [0, 0.1) is 0 Å². The average molecular weight is 260 g/mol. The van der Waals surface area contributed by atoms with Gasteiger partial charge in [0.2, 0.25) is 0 Å². The van der Waals surface area contributed by atoms with E-state index in [1.165, 1.54) is 0 Å². The van der Waals surface area contributed by atoms with Crippen LogP contribution in [0.4, 0.5) is 0 Å². The minimum atomic E-state index is 0.255. The van der Waals surface area contributed by atoms with Crippen LogP contribution in [0.5, 0.6) is 11.5 Å². The van der Waals surface area contributed by atoms with Gasteiger partial charge >= 0.3 is 0 Å². The summed E-state index contributed by atoms with van der Waals surface area (Å²) in [7, 11) is 0. The summed E-state index contributed by atoms with van der Waals surface area (Å²) >= 11 is 0. The first-order valence-electron chi connectivity index (χ1n) is 6.18. The normalized spacial score (nSPS) is 10.2. The Morgan fingerprint density at radius 3 is 2.16 bits per heavy atom. The van der Waals surface area contributed by atoms with Gasteiger partial charge in [-0.2, -0.15) is 0 Å². The van der Waals surface area contributed by atoms with Gasteiger partial charge in [0.25, 0.3) is 6.47 Å². The first-order valence-corrected chi connectivity index (χ1v) is 6.18. The highest BCUT2D eigenvalue weighted by Crippen LogP contribution is 2.24. The maximum absolute atomic E-state index is 9.99. The van der Waals surface area contributed by atoms with Gasteiger partial charge in [0.05, 0.1) is 6.61 Å². The molecule has 0 atom stereocenters. The molecule has 0 aliphatic heterocycles. The van der Waals surface area contributed by atoms with Gasteiger partial charge in [-0.15, -0.1) is 0 Å². The standard InChI is InChI=1S/C15H16O4/c1-2-18-14-5-3-13-10-15(6-4-12(13)9-14)19-8-7-17-11-16/h3-6,9-11H,2,7-8H2,1H3.